The summed E-state index contributed by atoms with van der Waals surface area (Å²) in [5.41, 5.74) is 12.3. The highest BCUT2D eigenvalue weighted by Gasteiger charge is 2.48. The van der Waals surface area contributed by atoms with E-state index in [1.54, 1.807) is 13.4 Å². The fourth-order valence-corrected chi connectivity index (χ4v) is 6.56. The number of rotatable bonds is 11. The van der Waals surface area contributed by atoms with E-state index in [4.69, 9.17) is 37.3 Å². The number of hydrogen-bond donors (Lipinski definition) is 2. The average Bonchev–Trinajstić information content (AvgIpc) is 3.59. The van der Waals surface area contributed by atoms with E-state index in [2.05, 4.69) is 38.7 Å². The van der Waals surface area contributed by atoms with E-state index in [0.717, 1.165) is 25.3 Å². The van der Waals surface area contributed by atoms with E-state index in [0.29, 0.717) is 41.9 Å². The predicted molar refractivity (Wildman–Crippen MR) is 161 cm³/mol. The van der Waals surface area contributed by atoms with Crippen LogP contribution in [-0.2, 0) is 14.2 Å². The van der Waals surface area contributed by atoms with Gasteiger partial charge in [0.15, 0.2) is 23.5 Å². The molecule has 3 heterocycles. The van der Waals surface area contributed by atoms with E-state index >= 15 is 0 Å². The minimum absolute atomic E-state index is 0.245. The summed E-state index contributed by atoms with van der Waals surface area (Å²) in [6, 6.07) is -0.217. The van der Waals surface area contributed by atoms with Crippen molar-refractivity contribution in [2.75, 3.05) is 19.4 Å². The number of fused-ring (bicyclic) bond motifs is 1. The second kappa shape index (κ2) is 12.5. The van der Waals surface area contributed by atoms with Crippen molar-refractivity contribution in [3.8, 4) is 0 Å². The van der Waals surface area contributed by atoms with Crippen molar-refractivity contribution >= 4 is 34.4 Å². The van der Waals surface area contributed by atoms with Crippen molar-refractivity contribution in [3.63, 3.8) is 0 Å². The van der Waals surface area contributed by atoms with Crippen LogP contribution in [0.2, 0.25) is 0 Å². The number of aromatic nitrogens is 4. The number of imidazole rings is 1. The van der Waals surface area contributed by atoms with Gasteiger partial charge in [0, 0.05) is 32.2 Å². The molecule has 2 aromatic rings. The van der Waals surface area contributed by atoms with Gasteiger partial charge in [-0.15, -0.1) is 0 Å². The molecule has 5 rings (SSSR count). The lowest BCUT2D eigenvalue weighted by atomic mass is 9.76. The van der Waals surface area contributed by atoms with Gasteiger partial charge in [0.1, 0.15) is 24.1 Å². The molecule has 1 saturated heterocycles. The topological polar surface area (TPSA) is 139 Å². The summed E-state index contributed by atoms with van der Waals surface area (Å²) >= 11 is 5.76. The normalized spacial score (nSPS) is 28.1. The molecule has 0 bridgehead atoms. The van der Waals surface area contributed by atoms with Crippen molar-refractivity contribution in [1.82, 2.24) is 24.4 Å². The molecule has 2 aliphatic carbocycles. The third kappa shape index (κ3) is 6.89. The van der Waals surface area contributed by atoms with Crippen molar-refractivity contribution in [2.45, 2.75) is 102 Å². The number of nitrogen functional groups attached to an aromatic ring is 1. The van der Waals surface area contributed by atoms with Gasteiger partial charge >= 0.3 is 6.18 Å². The molecule has 4 atom stereocenters. The summed E-state index contributed by atoms with van der Waals surface area (Å²) in [6.45, 7) is 8.66. The zero-order valence-corrected chi connectivity index (χ0v) is 26.2. The molecule has 1 unspecified atom stereocenters. The molecule has 2 fully saturated rings. The minimum atomic E-state index is -4.51. The van der Waals surface area contributed by atoms with E-state index < -0.39 is 35.9 Å². The Morgan fingerprint density at radius 3 is 2.59 bits per heavy atom. The second-order valence-corrected chi connectivity index (χ2v) is 12.8. The van der Waals surface area contributed by atoms with Crippen LogP contribution in [0.15, 0.2) is 40.4 Å². The molecule has 0 amide bonds. The predicted octanol–water partition coefficient (Wildman–Crippen LogP) is 4.69. The first-order valence-electron chi connectivity index (χ1n) is 14.7. The van der Waals surface area contributed by atoms with Crippen molar-refractivity contribution in [3.05, 3.63) is 35.4 Å². The van der Waals surface area contributed by atoms with Crippen LogP contribution < -0.4 is 11.5 Å². The number of nitrogens with zero attached hydrogens (tertiary/aromatic N) is 6. The third-order valence-electron chi connectivity index (χ3n) is 8.51. The SMILES string of the molecule is CO[C@H](CN(C(C)C)C1CC(CCC(N)=NC2C=C(Cl)C(C(F)(F)F)=C2)C1)[C@H]1OC(C)(C)O[C@H]1n1cnc2c(N)ncnc21. The Hall–Kier alpha value is -2.78. The standard InChI is InChI=1S/C29H40ClF3N8O3/c1-15(2)40(18-8-16(9-18)6-7-22(34)39-17-10-19(20(30)11-17)29(31,32)33)12-21(42-5)24-27(44-28(3,4)43-24)41-14-38-23-25(35)36-13-37-26(23)41/h10-11,13-18,21,24,27H,6-9,12H2,1-5H3,(H2,34,39)(H2,35,36,37)/t16?,17?,18?,21-,24-,27-/m1/s1. The average molecular weight is 641 g/mol. The number of hydrogen-bond acceptors (Lipinski definition) is 9. The molecule has 11 nitrogen and oxygen atoms in total. The number of ether oxygens (including phenoxy) is 3. The van der Waals surface area contributed by atoms with E-state index in [1.165, 1.54) is 12.4 Å². The van der Waals surface area contributed by atoms with Crippen LogP contribution in [0.4, 0.5) is 19.0 Å². The van der Waals surface area contributed by atoms with E-state index in [1.807, 2.05) is 18.4 Å². The summed E-state index contributed by atoms with van der Waals surface area (Å²) < 4.78 is 59.8. The smallest absolute Gasteiger partial charge is 0.387 e. The van der Waals surface area contributed by atoms with Crippen LogP contribution in [0.3, 0.4) is 0 Å². The summed E-state index contributed by atoms with van der Waals surface area (Å²) in [7, 11) is 1.67. The minimum Gasteiger partial charge on any atom is -0.387 e. The highest BCUT2D eigenvalue weighted by atomic mass is 35.5. The number of nitrogens with two attached hydrogens (primary N) is 2. The fraction of sp³-hybridized carbons (Fsp3) is 0.655. The van der Waals surface area contributed by atoms with E-state index in [-0.39, 0.29) is 23.0 Å². The maximum absolute atomic E-state index is 13.1. The second-order valence-electron chi connectivity index (χ2n) is 12.4. The van der Waals surface area contributed by atoms with Crippen LogP contribution in [0.1, 0.15) is 59.6 Å². The number of amidine groups is 1. The Labute approximate surface area is 259 Å². The molecule has 44 heavy (non-hydrogen) atoms. The van der Waals surface area contributed by atoms with Crippen LogP contribution in [0, 0.1) is 5.92 Å². The summed E-state index contributed by atoms with van der Waals surface area (Å²) in [5, 5.41) is -0.342. The number of alkyl halides is 3. The van der Waals surface area contributed by atoms with E-state index in [9.17, 15) is 13.2 Å². The lowest BCUT2D eigenvalue weighted by Gasteiger charge is -2.46. The molecule has 1 aliphatic heterocycles. The number of allylic oxidation sites excluding steroid dienone is 2. The highest BCUT2D eigenvalue weighted by molar-refractivity contribution is 6.32. The summed E-state index contributed by atoms with van der Waals surface area (Å²) in [5.74, 6) is 0.180. The zero-order chi connectivity index (χ0) is 32.0. The first kappa shape index (κ1) is 32.6. The number of aliphatic imine (C=N–C) groups is 1. The molecule has 1 saturated carbocycles. The molecule has 0 spiro atoms. The van der Waals surface area contributed by atoms with Gasteiger partial charge in [0.25, 0.3) is 0 Å². The number of methoxy groups -OCH3 is 1. The number of halogens is 4. The van der Waals surface area contributed by atoms with Crippen LogP contribution in [0.25, 0.3) is 11.2 Å². The molecule has 2 aromatic heterocycles. The third-order valence-corrected chi connectivity index (χ3v) is 8.84. The molecule has 3 aliphatic rings. The largest absolute Gasteiger partial charge is 0.417 e. The lowest BCUT2D eigenvalue weighted by Crippen LogP contribution is -2.53. The maximum atomic E-state index is 13.1. The number of anilines is 1. The Bertz CT molecular complexity index is 1440. The Balaban J connectivity index is 1.20. The molecular weight excluding hydrogens is 601 g/mol. The fourth-order valence-electron chi connectivity index (χ4n) is 6.26. The first-order valence-corrected chi connectivity index (χ1v) is 15.1. The Kier molecular flexibility index (Phi) is 9.30. The van der Waals surface area contributed by atoms with Gasteiger partial charge in [-0.2, -0.15) is 13.2 Å². The van der Waals surface area contributed by atoms with Gasteiger partial charge in [0.05, 0.1) is 28.8 Å². The lowest BCUT2D eigenvalue weighted by molar-refractivity contribution is -0.163. The van der Waals surface area contributed by atoms with Crippen LogP contribution in [-0.4, -0.2) is 86.2 Å². The zero-order valence-electron chi connectivity index (χ0n) is 25.5. The molecule has 0 radical (unpaired) electrons. The van der Waals surface area contributed by atoms with Crippen molar-refractivity contribution < 1.29 is 27.4 Å². The van der Waals surface area contributed by atoms with Gasteiger partial charge in [0.2, 0.25) is 0 Å². The Morgan fingerprint density at radius 1 is 1.23 bits per heavy atom. The Morgan fingerprint density at radius 2 is 1.95 bits per heavy atom. The molecule has 15 heteroatoms. The molecule has 0 aromatic carbocycles. The summed E-state index contributed by atoms with van der Waals surface area (Å²) in [4.78, 5) is 19.5. The van der Waals surface area contributed by atoms with Gasteiger partial charge in [-0.1, -0.05) is 11.6 Å². The molecular formula is C29H40ClF3N8O3. The highest BCUT2D eigenvalue weighted by Crippen LogP contribution is 2.41. The molecule has 242 valence electrons. The van der Waals surface area contributed by atoms with Gasteiger partial charge in [-0.3, -0.25) is 14.5 Å². The van der Waals surface area contributed by atoms with Crippen molar-refractivity contribution in [2.24, 2.45) is 16.6 Å². The monoisotopic (exact) mass is 640 g/mol. The molecule has 4 N–H and O–H groups in total. The van der Waals surface area contributed by atoms with Crippen LogP contribution >= 0.6 is 11.6 Å². The van der Waals surface area contributed by atoms with Gasteiger partial charge in [-0.05, 0) is 65.0 Å². The maximum Gasteiger partial charge on any atom is 0.417 e. The van der Waals surface area contributed by atoms with Gasteiger partial charge < -0.3 is 25.7 Å². The quantitative estimate of drug-likeness (QED) is 0.264. The first-order chi connectivity index (χ1) is 20.7. The van der Waals surface area contributed by atoms with Crippen molar-refractivity contribution in [1.29, 1.82) is 0 Å². The van der Waals surface area contributed by atoms with Gasteiger partial charge in [-0.25, -0.2) is 15.0 Å². The summed E-state index contributed by atoms with van der Waals surface area (Å²) in [6.07, 6.45) is 2.71. The van der Waals surface area contributed by atoms with Crippen LogP contribution in [0.5, 0.6) is 0 Å².